The topological polar surface area (TPSA) is 78.1 Å². The minimum absolute atomic E-state index is 0.0305. The van der Waals surface area contributed by atoms with Gasteiger partial charge in [0, 0.05) is 35.7 Å². The summed E-state index contributed by atoms with van der Waals surface area (Å²) in [6, 6.07) is 17.4. The van der Waals surface area contributed by atoms with Gasteiger partial charge >= 0.3 is 0 Å². The number of Topliss-reactive ketones (excluding diaryl/α,β-unsaturated/α-hetero) is 1. The molecule has 31 heavy (non-hydrogen) atoms. The highest BCUT2D eigenvalue weighted by Gasteiger charge is 2.42. The Hall–Kier alpha value is -3.67. The van der Waals surface area contributed by atoms with Crippen LogP contribution in [0.15, 0.2) is 65.0 Å². The molecule has 2 N–H and O–H groups in total. The van der Waals surface area contributed by atoms with Gasteiger partial charge in [-0.1, -0.05) is 54.6 Å². The fourth-order valence-electron chi connectivity index (χ4n) is 5.04. The summed E-state index contributed by atoms with van der Waals surface area (Å²) >= 11 is 0. The Bertz CT molecular complexity index is 1290. The summed E-state index contributed by atoms with van der Waals surface area (Å²) in [6.07, 6.45) is 3.39. The van der Waals surface area contributed by atoms with Crippen molar-refractivity contribution >= 4 is 23.2 Å². The van der Waals surface area contributed by atoms with Crippen molar-refractivity contribution < 1.29 is 4.79 Å². The van der Waals surface area contributed by atoms with E-state index in [4.69, 9.17) is 4.98 Å². The van der Waals surface area contributed by atoms with Crippen LogP contribution in [0.2, 0.25) is 0 Å². The van der Waals surface area contributed by atoms with Gasteiger partial charge in [-0.2, -0.15) is 4.98 Å². The number of aromatic amines is 1. The number of H-pyrrole nitrogens is 1. The summed E-state index contributed by atoms with van der Waals surface area (Å²) in [4.78, 5) is 36.8. The first-order valence-corrected chi connectivity index (χ1v) is 10.8. The zero-order valence-electron chi connectivity index (χ0n) is 17.0. The van der Waals surface area contributed by atoms with Crippen LogP contribution in [-0.2, 0) is 0 Å². The van der Waals surface area contributed by atoms with E-state index in [1.807, 2.05) is 54.6 Å². The van der Waals surface area contributed by atoms with E-state index in [1.165, 1.54) is 6.42 Å². The van der Waals surface area contributed by atoms with Gasteiger partial charge in [0.05, 0.1) is 11.3 Å². The van der Waals surface area contributed by atoms with E-state index in [-0.39, 0.29) is 11.3 Å². The predicted octanol–water partition coefficient (Wildman–Crippen LogP) is 3.93. The number of fused-ring (bicyclic) bond motifs is 3. The Morgan fingerprint density at radius 1 is 0.871 bits per heavy atom. The SMILES string of the molecule is O=C1C2=C(Nc3nc(N4CCCCC4)[nH]c(=O)c3[C@H]2c2ccccc2)c2ccccc21. The molecule has 0 radical (unpaired) electrons. The number of hydrogen-bond acceptors (Lipinski definition) is 5. The summed E-state index contributed by atoms with van der Waals surface area (Å²) in [5, 5.41) is 3.37. The number of benzene rings is 2. The van der Waals surface area contributed by atoms with Crippen LogP contribution in [0, 0.1) is 0 Å². The lowest BCUT2D eigenvalue weighted by atomic mass is 9.82. The summed E-state index contributed by atoms with van der Waals surface area (Å²) in [5.41, 5.74) is 4.16. The lowest BCUT2D eigenvalue weighted by molar-refractivity contribution is 0.103. The van der Waals surface area contributed by atoms with Crippen molar-refractivity contribution in [3.63, 3.8) is 0 Å². The molecular weight excluding hydrogens is 388 g/mol. The molecule has 1 aromatic heterocycles. The van der Waals surface area contributed by atoms with Gasteiger partial charge in [0.15, 0.2) is 5.78 Å². The second-order valence-electron chi connectivity index (χ2n) is 8.33. The van der Waals surface area contributed by atoms with E-state index >= 15 is 0 Å². The summed E-state index contributed by atoms with van der Waals surface area (Å²) in [5.74, 6) is 0.655. The van der Waals surface area contributed by atoms with Crippen LogP contribution < -0.4 is 15.8 Å². The third kappa shape index (κ3) is 2.75. The highest BCUT2D eigenvalue weighted by molar-refractivity contribution is 6.23. The van der Waals surface area contributed by atoms with Crippen LogP contribution in [0.5, 0.6) is 0 Å². The second-order valence-corrected chi connectivity index (χ2v) is 8.33. The molecule has 2 aromatic carbocycles. The Labute approximate surface area is 179 Å². The largest absolute Gasteiger partial charge is 0.342 e. The molecular formula is C25H22N4O2. The van der Waals surface area contributed by atoms with Crippen molar-refractivity contribution in [2.45, 2.75) is 25.2 Å². The Balaban J connectivity index is 1.57. The van der Waals surface area contributed by atoms with Gasteiger partial charge in [0.2, 0.25) is 5.95 Å². The Kier molecular flexibility index (Phi) is 4.06. The van der Waals surface area contributed by atoms with Crippen LogP contribution in [0.25, 0.3) is 5.70 Å². The molecule has 6 rings (SSSR count). The first-order chi connectivity index (χ1) is 15.2. The van der Waals surface area contributed by atoms with Crippen molar-refractivity contribution in [3.8, 4) is 0 Å². The average Bonchev–Trinajstić information content (AvgIpc) is 3.11. The molecule has 1 saturated heterocycles. The molecule has 0 spiro atoms. The number of hydrogen-bond donors (Lipinski definition) is 2. The van der Waals surface area contributed by atoms with Crippen molar-refractivity contribution in [2.75, 3.05) is 23.3 Å². The maximum absolute atomic E-state index is 13.4. The number of anilines is 2. The molecule has 154 valence electrons. The number of nitrogens with one attached hydrogen (secondary N) is 2. The lowest BCUT2D eigenvalue weighted by Crippen LogP contribution is -2.35. The number of aromatic nitrogens is 2. The van der Waals surface area contributed by atoms with Crippen molar-refractivity contribution in [2.24, 2.45) is 0 Å². The minimum Gasteiger partial charge on any atom is -0.342 e. The molecule has 0 bridgehead atoms. The second kappa shape index (κ2) is 6.94. The predicted molar refractivity (Wildman–Crippen MR) is 121 cm³/mol. The molecule has 2 aliphatic heterocycles. The smallest absolute Gasteiger partial charge is 0.258 e. The van der Waals surface area contributed by atoms with E-state index < -0.39 is 5.92 Å². The van der Waals surface area contributed by atoms with Gasteiger partial charge in [0.1, 0.15) is 5.82 Å². The molecule has 1 atom stereocenters. The van der Waals surface area contributed by atoms with E-state index in [9.17, 15) is 9.59 Å². The number of piperidine rings is 1. The van der Waals surface area contributed by atoms with Gasteiger partial charge in [0.25, 0.3) is 5.56 Å². The number of nitrogens with zero attached hydrogens (tertiary/aromatic N) is 2. The highest BCUT2D eigenvalue weighted by Crippen LogP contribution is 2.47. The molecule has 0 saturated carbocycles. The van der Waals surface area contributed by atoms with Gasteiger partial charge in [-0.15, -0.1) is 0 Å². The maximum Gasteiger partial charge on any atom is 0.258 e. The fraction of sp³-hybridized carbons (Fsp3) is 0.240. The quantitative estimate of drug-likeness (QED) is 0.669. The number of carbonyl (C=O) groups is 1. The summed E-state index contributed by atoms with van der Waals surface area (Å²) in [6.45, 7) is 1.78. The third-order valence-electron chi connectivity index (χ3n) is 6.51. The average molecular weight is 410 g/mol. The van der Waals surface area contributed by atoms with Crippen LogP contribution in [0.3, 0.4) is 0 Å². The van der Waals surface area contributed by atoms with Gasteiger partial charge in [-0.05, 0) is 24.8 Å². The van der Waals surface area contributed by atoms with Gasteiger partial charge < -0.3 is 10.2 Å². The molecule has 3 heterocycles. The van der Waals surface area contributed by atoms with Crippen LogP contribution in [-0.4, -0.2) is 28.8 Å². The molecule has 1 aliphatic carbocycles. The zero-order chi connectivity index (χ0) is 20.9. The molecule has 6 heteroatoms. The van der Waals surface area contributed by atoms with Crippen LogP contribution >= 0.6 is 0 Å². The molecule has 0 amide bonds. The minimum atomic E-state index is -0.459. The maximum atomic E-state index is 13.4. The van der Waals surface area contributed by atoms with Crippen molar-refractivity contribution in [1.82, 2.24) is 9.97 Å². The fourth-order valence-corrected chi connectivity index (χ4v) is 5.04. The molecule has 3 aliphatic rings. The molecule has 0 unspecified atom stereocenters. The van der Waals surface area contributed by atoms with Gasteiger partial charge in [-0.25, -0.2) is 0 Å². The normalized spacial score (nSPS) is 19.5. The molecule has 3 aromatic rings. The Morgan fingerprint density at radius 2 is 1.58 bits per heavy atom. The number of allylic oxidation sites excluding steroid dienone is 1. The standard InChI is InChI=1S/C25H22N4O2/c30-22-17-12-6-5-11-16(17)21-19(22)18(15-9-3-1-4-10-15)20-23(26-21)27-25(28-24(20)31)29-13-7-2-8-14-29/h1,3-6,9-12,18H,2,7-8,13-14H2,(H2,26,27,28,31)/t18-/m0/s1. The third-order valence-corrected chi connectivity index (χ3v) is 6.51. The highest BCUT2D eigenvalue weighted by atomic mass is 16.1. The summed E-state index contributed by atoms with van der Waals surface area (Å²) < 4.78 is 0. The van der Waals surface area contributed by atoms with E-state index in [1.54, 1.807) is 0 Å². The van der Waals surface area contributed by atoms with Crippen molar-refractivity contribution in [3.05, 3.63) is 92.8 Å². The molecule has 1 fully saturated rings. The first-order valence-electron chi connectivity index (χ1n) is 10.8. The van der Waals surface area contributed by atoms with E-state index in [0.717, 1.165) is 42.8 Å². The van der Waals surface area contributed by atoms with Gasteiger partial charge in [-0.3, -0.25) is 14.6 Å². The summed E-state index contributed by atoms with van der Waals surface area (Å²) in [7, 11) is 0. The van der Waals surface area contributed by atoms with E-state index in [2.05, 4.69) is 15.2 Å². The van der Waals surface area contributed by atoms with Crippen LogP contribution in [0.1, 0.15) is 52.2 Å². The molecule has 6 nitrogen and oxygen atoms in total. The first kappa shape index (κ1) is 18.1. The zero-order valence-corrected chi connectivity index (χ0v) is 17.0. The number of ketones is 1. The van der Waals surface area contributed by atoms with Crippen molar-refractivity contribution in [1.29, 1.82) is 0 Å². The lowest BCUT2D eigenvalue weighted by Gasteiger charge is -2.31. The monoisotopic (exact) mass is 410 g/mol. The Morgan fingerprint density at radius 3 is 2.35 bits per heavy atom. The van der Waals surface area contributed by atoms with E-state index in [0.29, 0.717) is 28.5 Å². The number of rotatable bonds is 2. The number of carbonyl (C=O) groups excluding carboxylic acids is 1. The van der Waals surface area contributed by atoms with Crippen LogP contribution in [0.4, 0.5) is 11.8 Å².